The Morgan fingerprint density at radius 2 is 1.94 bits per heavy atom. The third kappa shape index (κ3) is 2.82. The minimum atomic E-state index is -4.34. The highest BCUT2D eigenvalue weighted by Gasteiger charge is 2.32. The second kappa shape index (κ2) is 4.72. The van der Waals surface area contributed by atoms with Crippen LogP contribution in [0.4, 0.5) is 18.9 Å². The van der Waals surface area contributed by atoms with Crippen LogP contribution >= 0.6 is 0 Å². The lowest BCUT2D eigenvalue weighted by atomic mass is 10.1. The number of benzene rings is 1. The van der Waals surface area contributed by atoms with Gasteiger partial charge in [-0.1, -0.05) is 18.2 Å². The summed E-state index contributed by atoms with van der Waals surface area (Å²) in [5.41, 5.74) is 6.56. The third-order valence-electron chi connectivity index (χ3n) is 2.63. The van der Waals surface area contributed by atoms with Gasteiger partial charge in [0.05, 0.1) is 11.8 Å². The fourth-order valence-corrected chi connectivity index (χ4v) is 1.63. The average molecular weight is 255 g/mol. The molecule has 0 amide bonds. The summed E-state index contributed by atoms with van der Waals surface area (Å²) in [5, 5.41) is 3.68. The Bertz CT molecular complexity index is 531. The van der Waals surface area contributed by atoms with E-state index in [1.165, 1.54) is 4.68 Å². The van der Waals surface area contributed by atoms with Crippen molar-refractivity contribution < 1.29 is 13.2 Å². The fraction of sp³-hybridized carbons (Fsp3) is 0.250. The summed E-state index contributed by atoms with van der Waals surface area (Å²) in [6.45, 7) is 0.365. The fourth-order valence-electron chi connectivity index (χ4n) is 1.63. The standard InChI is InChI=1S/C12H12F3N3/c13-12(14,15)10-7-17-18(8-10)6-5-9-3-1-2-4-11(9)16/h1-4,7-8H,5-6,16H2. The van der Waals surface area contributed by atoms with E-state index in [0.29, 0.717) is 18.7 Å². The van der Waals surface area contributed by atoms with Crippen molar-refractivity contribution in [3.8, 4) is 0 Å². The molecule has 2 aromatic rings. The average Bonchev–Trinajstić information content (AvgIpc) is 2.76. The zero-order valence-corrected chi connectivity index (χ0v) is 9.48. The van der Waals surface area contributed by atoms with Crippen LogP contribution in [0.2, 0.25) is 0 Å². The Labute approximate surface area is 102 Å². The number of alkyl halides is 3. The van der Waals surface area contributed by atoms with Gasteiger partial charge in [-0.25, -0.2) is 0 Å². The van der Waals surface area contributed by atoms with Gasteiger partial charge in [0.1, 0.15) is 0 Å². The number of hydrogen-bond acceptors (Lipinski definition) is 2. The number of aryl methyl sites for hydroxylation is 2. The smallest absolute Gasteiger partial charge is 0.399 e. The van der Waals surface area contributed by atoms with Crippen LogP contribution in [0.25, 0.3) is 0 Å². The predicted octanol–water partition coefficient (Wildman–Crippen LogP) is 2.73. The number of nitrogen functional groups attached to an aromatic ring is 1. The van der Waals surface area contributed by atoms with Crippen molar-refractivity contribution in [1.29, 1.82) is 0 Å². The van der Waals surface area contributed by atoms with Crippen molar-refractivity contribution >= 4 is 5.69 Å². The first-order chi connectivity index (χ1) is 8.47. The number of halogens is 3. The van der Waals surface area contributed by atoms with Gasteiger partial charge in [-0.2, -0.15) is 18.3 Å². The molecule has 0 unspecified atom stereocenters. The van der Waals surface area contributed by atoms with E-state index in [9.17, 15) is 13.2 Å². The van der Waals surface area contributed by atoms with E-state index in [1.54, 1.807) is 6.07 Å². The maximum absolute atomic E-state index is 12.4. The van der Waals surface area contributed by atoms with Crippen molar-refractivity contribution in [1.82, 2.24) is 9.78 Å². The summed E-state index contributed by atoms with van der Waals surface area (Å²) in [7, 11) is 0. The first-order valence-corrected chi connectivity index (χ1v) is 5.40. The Hall–Kier alpha value is -1.98. The molecule has 0 radical (unpaired) electrons. The summed E-state index contributed by atoms with van der Waals surface area (Å²) < 4.78 is 38.3. The molecule has 0 aliphatic carbocycles. The maximum atomic E-state index is 12.4. The number of hydrogen-bond donors (Lipinski definition) is 1. The van der Waals surface area contributed by atoms with Crippen LogP contribution in [0.1, 0.15) is 11.1 Å². The lowest BCUT2D eigenvalue weighted by molar-refractivity contribution is -0.137. The molecular weight excluding hydrogens is 243 g/mol. The number of nitrogens with two attached hydrogens (primary N) is 1. The lowest BCUT2D eigenvalue weighted by Crippen LogP contribution is -2.05. The molecule has 1 aromatic carbocycles. The zero-order chi connectivity index (χ0) is 13.2. The van der Waals surface area contributed by atoms with E-state index in [1.807, 2.05) is 18.2 Å². The predicted molar refractivity (Wildman–Crippen MR) is 61.8 cm³/mol. The van der Waals surface area contributed by atoms with Gasteiger partial charge >= 0.3 is 6.18 Å². The van der Waals surface area contributed by atoms with Crippen molar-refractivity contribution in [2.75, 3.05) is 5.73 Å². The number of nitrogens with zero attached hydrogens (tertiary/aromatic N) is 2. The second-order valence-corrected chi connectivity index (χ2v) is 3.94. The van der Waals surface area contributed by atoms with E-state index in [2.05, 4.69) is 5.10 Å². The summed E-state index contributed by atoms with van der Waals surface area (Å²) >= 11 is 0. The molecule has 0 aliphatic heterocycles. The van der Waals surface area contributed by atoms with Crippen LogP contribution in [-0.4, -0.2) is 9.78 Å². The molecule has 0 saturated heterocycles. The van der Waals surface area contributed by atoms with E-state index >= 15 is 0 Å². The molecule has 0 saturated carbocycles. The molecule has 3 nitrogen and oxygen atoms in total. The van der Waals surface area contributed by atoms with Crippen molar-refractivity contribution in [2.45, 2.75) is 19.1 Å². The van der Waals surface area contributed by atoms with Crippen LogP contribution in [0.15, 0.2) is 36.7 Å². The van der Waals surface area contributed by atoms with Crippen LogP contribution in [-0.2, 0) is 19.1 Å². The molecule has 96 valence electrons. The largest absolute Gasteiger partial charge is 0.419 e. The SMILES string of the molecule is Nc1ccccc1CCn1cc(C(F)(F)F)cn1. The Morgan fingerprint density at radius 1 is 1.22 bits per heavy atom. The molecule has 2 N–H and O–H groups in total. The van der Waals surface area contributed by atoms with Gasteiger partial charge in [-0.3, -0.25) is 4.68 Å². The second-order valence-electron chi connectivity index (χ2n) is 3.94. The van der Waals surface area contributed by atoms with E-state index < -0.39 is 11.7 Å². The van der Waals surface area contributed by atoms with Crippen molar-refractivity contribution in [3.63, 3.8) is 0 Å². The minimum Gasteiger partial charge on any atom is -0.399 e. The first kappa shape index (κ1) is 12.5. The lowest BCUT2D eigenvalue weighted by Gasteiger charge is -2.05. The number of para-hydroxylation sites is 1. The molecular formula is C12H12F3N3. The van der Waals surface area contributed by atoms with Crippen molar-refractivity contribution in [3.05, 3.63) is 47.8 Å². The van der Waals surface area contributed by atoms with E-state index in [0.717, 1.165) is 18.0 Å². The molecule has 0 aliphatic rings. The summed E-state index contributed by atoms with van der Waals surface area (Å²) in [4.78, 5) is 0. The topological polar surface area (TPSA) is 43.8 Å². The van der Waals surface area contributed by atoms with Crippen LogP contribution in [0.5, 0.6) is 0 Å². The molecule has 1 heterocycles. The molecule has 0 fully saturated rings. The number of aromatic nitrogens is 2. The van der Waals surface area contributed by atoms with Gasteiger partial charge < -0.3 is 5.73 Å². The van der Waals surface area contributed by atoms with Gasteiger partial charge in [0.15, 0.2) is 0 Å². The summed E-state index contributed by atoms with van der Waals surface area (Å²) in [6.07, 6.45) is -1.97. The highest BCUT2D eigenvalue weighted by atomic mass is 19.4. The molecule has 6 heteroatoms. The third-order valence-corrected chi connectivity index (χ3v) is 2.63. The minimum absolute atomic E-state index is 0.365. The highest BCUT2D eigenvalue weighted by Crippen LogP contribution is 2.28. The summed E-state index contributed by atoms with van der Waals surface area (Å²) in [5.74, 6) is 0. The number of rotatable bonds is 3. The molecule has 18 heavy (non-hydrogen) atoms. The number of anilines is 1. The maximum Gasteiger partial charge on any atom is 0.419 e. The molecule has 2 rings (SSSR count). The van der Waals surface area contributed by atoms with Gasteiger partial charge in [-0.15, -0.1) is 0 Å². The molecule has 0 atom stereocenters. The Morgan fingerprint density at radius 3 is 2.56 bits per heavy atom. The Kier molecular flexibility index (Phi) is 3.27. The zero-order valence-electron chi connectivity index (χ0n) is 9.48. The summed E-state index contributed by atoms with van der Waals surface area (Å²) in [6, 6.07) is 7.27. The van der Waals surface area contributed by atoms with Gasteiger partial charge in [-0.05, 0) is 18.1 Å². The van der Waals surface area contributed by atoms with E-state index in [4.69, 9.17) is 5.73 Å². The first-order valence-electron chi connectivity index (χ1n) is 5.40. The quantitative estimate of drug-likeness (QED) is 0.857. The molecule has 0 spiro atoms. The monoisotopic (exact) mass is 255 g/mol. The van der Waals surface area contributed by atoms with Crippen LogP contribution in [0, 0.1) is 0 Å². The van der Waals surface area contributed by atoms with Gasteiger partial charge in [0.2, 0.25) is 0 Å². The normalized spacial score (nSPS) is 11.7. The molecule has 0 bridgehead atoms. The van der Waals surface area contributed by atoms with Gasteiger partial charge in [0.25, 0.3) is 0 Å². The van der Waals surface area contributed by atoms with Crippen LogP contribution < -0.4 is 5.73 Å². The Balaban J connectivity index is 2.03. The van der Waals surface area contributed by atoms with Crippen LogP contribution in [0.3, 0.4) is 0 Å². The van der Waals surface area contributed by atoms with Crippen molar-refractivity contribution in [2.24, 2.45) is 0 Å². The highest BCUT2D eigenvalue weighted by molar-refractivity contribution is 5.46. The van der Waals surface area contributed by atoms with E-state index in [-0.39, 0.29) is 0 Å². The molecule has 1 aromatic heterocycles. The van der Waals surface area contributed by atoms with Gasteiger partial charge in [0, 0.05) is 18.4 Å².